The molecule has 0 saturated heterocycles. The van der Waals surface area contributed by atoms with E-state index in [-0.39, 0.29) is 0 Å². The van der Waals surface area contributed by atoms with E-state index < -0.39 is 0 Å². The number of aromatic nitrogens is 3. The van der Waals surface area contributed by atoms with E-state index in [1.54, 1.807) is 6.33 Å². The van der Waals surface area contributed by atoms with E-state index in [0.717, 1.165) is 25.1 Å². The minimum absolute atomic E-state index is 0.405. The molecule has 1 aromatic rings. The molecule has 0 radical (unpaired) electrons. The Morgan fingerprint density at radius 1 is 1.50 bits per heavy atom. The third kappa shape index (κ3) is 3.08. The summed E-state index contributed by atoms with van der Waals surface area (Å²) < 4.78 is 2.00. The van der Waals surface area contributed by atoms with E-state index in [1.165, 1.54) is 0 Å². The number of halogens is 1. The Balaban J connectivity index is 2.54. The number of alkyl halides is 1. The molecule has 1 atom stereocenters. The van der Waals surface area contributed by atoms with E-state index in [4.69, 9.17) is 0 Å². The molecule has 1 unspecified atom stereocenters. The molecule has 0 amide bonds. The smallest absolute Gasteiger partial charge is 0.138 e. The highest BCUT2D eigenvalue weighted by atomic mass is 79.9. The second-order valence-electron chi connectivity index (χ2n) is 3.76. The first-order chi connectivity index (χ1) is 6.65. The molecule has 1 rings (SSSR count). The van der Waals surface area contributed by atoms with Crippen LogP contribution < -0.4 is 0 Å². The summed E-state index contributed by atoms with van der Waals surface area (Å²) in [7, 11) is 0. The maximum Gasteiger partial charge on any atom is 0.138 e. The lowest BCUT2D eigenvalue weighted by molar-refractivity contribution is 0.499. The van der Waals surface area contributed by atoms with Crippen LogP contribution in [0.5, 0.6) is 0 Å². The summed E-state index contributed by atoms with van der Waals surface area (Å²) in [6.45, 7) is 6.44. The molecule has 0 N–H and O–H groups in total. The molecule has 80 valence electrons. The average Bonchev–Trinajstić information content (AvgIpc) is 2.62. The maximum atomic E-state index is 4.27. The molecule has 0 aliphatic carbocycles. The second kappa shape index (κ2) is 5.49. The minimum Gasteiger partial charge on any atom is -0.248 e. The SMILES string of the molecule is CCC(Br)CCc1ncnn1C(C)C. The van der Waals surface area contributed by atoms with Gasteiger partial charge in [-0.2, -0.15) is 5.10 Å². The molecule has 0 fully saturated rings. The van der Waals surface area contributed by atoms with Crippen LogP contribution in [0.25, 0.3) is 0 Å². The summed E-state index contributed by atoms with van der Waals surface area (Å²) in [6, 6.07) is 0.405. The summed E-state index contributed by atoms with van der Waals surface area (Å²) in [5.41, 5.74) is 0. The van der Waals surface area contributed by atoms with Gasteiger partial charge in [-0.15, -0.1) is 0 Å². The molecule has 1 heterocycles. The van der Waals surface area contributed by atoms with Gasteiger partial charge >= 0.3 is 0 Å². The number of hydrogen-bond donors (Lipinski definition) is 0. The summed E-state index contributed by atoms with van der Waals surface area (Å²) >= 11 is 3.63. The Labute approximate surface area is 94.0 Å². The van der Waals surface area contributed by atoms with Crippen LogP contribution in [-0.4, -0.2) is 19.6 Å². The van der Waals surface area contributed by atoms with Crippen LogP contribution >= 0.6 is 15.9 Å². The lowest BCUT2D eigenvalue weighted by Gasteiger charge is -2.10. The fourth-order valence-corrected chi connectivity index (χ4v) is 1.60. The topological polar surface area (TPSA) is 30.7 Å². The molecule has 0 spiro atoms. The van der Waals surface area contributed by atoms with Gasteiger partial charge in [-0.05, 0) is 26.7 Å². The van der Waals surface area contributed by atoms with Crippen molar-refractivity contribution in [2.24, 2.45) is 0 Å². The third-order valence-corrected chi connectivity index (χ3v) is 3.37. The fourth-order valence-electron chi connectivity index (χ4n) is 1.37. The van der Waals surface area contributed by atoms with E-state index in [1.807, 2.05) is 4.68 Å². The first-order valence-electron chi connectivity index (χ1n) is 5.17. The molecule has 0 bridgehead atoms. The van der Waals surface area contributed by atoms with Crippen molar-refractivity contribution in [3.8, 4) is 0 Å². The van der Waals surface area contributed by atoms with Gasteiger partial charge in [0.25, 0.3) is 0 Å². The van der Waals surface area contributed by atoms with Crippen LogP contribution in [0.1, 0.15) is 45.5 Å². The number of hydrogen-bond acceptors (Lipinski definition) is 2. The summed E-state index contributed by atoms with van der Waals surface area (Å²) in [5, 5.41) is 4.21. The zero-order valence-electron chi connectivity index (χ0n) is 9.07. The molecule has 1 aromatic heterocycles. The van der Waals surface area contributed by atoms with Gasteiger partial charge in [-0.3, -0.25) is 0 Å². The monoisotopic (exact) mass is 259 g/mol. The average molecular weight is 260 g/mol. The van der Waals surface area contributed by atoms with Crippen molar-refractivity contribution >= 4 is 15.9 Å². The Bertz CT molecular complexity index is 270. The van der Waals surface area contributed by atoms with Gasteiger partial charge in [-0.1, -0.05) is 22.9 Å². The molecule has 0 aliphatic heterocycles. The van der Waals surface area contributed by atoms with E-state index in [9.17, 15) is 0 Å². The molecular formula is C10H18BrN3. The van der Waals surface area contributed by atoms with Gasteiger partial charge in [-0.25, -0.2) is 9.67 Å². The van der Waals surface area contributed by atoms with Crippen molar-refractivity contribution in [3.05, 3.63) is 12.2 Å². The summed E-state index contributed by atoms with van der Waals surface area (Å²) in [4.78, 5) is 4.87. The van der Waals surface area contributed by atoms with E-state index >= 15 is 0 Å². The predicted octanol–water partition coefficient (Wildman–Crippen LogP) is 2.97. The van der Waals surface area contributed by atoms with Crippen molar-refractivity contribution in [2.45, 2.75) is 50.9 Å². The van der Waals surface area contributed by atoms with Crippen molar-refractivity contribution in [3.63, 3.8) is 0 Å². The molecule has 0 aromatic carbocycles. The van der Waals surface area contributed by atoms with Crippen molar-refractivity contribution in [1.29, 1.82) is 0 Å². The third-order valence-electron chi connectivity index (χ3n) is 2.26. The van der Waals surface area contributed by atoms with Crippen LogP contribution in [0, 0.1) is 0 Å². The Hall–Kier alpha value is -0.380. The Morgan fingerprint density at radius 3 is 2.79 bits per heavy atom. The Morgan fingerprint density at radius 2 is 2.21 bits per heavy atom. The van der Waals surface area contributed by atoms with Crippen molar-refractivity contribution in [1.82, 2.24) is 14.8 Å². The van der Waals surface area contributed by atoms with Gasteiger partial charge in [0, 0.05) is 17.3 Å². The quantitative estimate of drug-likeness (QED) is 0.762. The fraction of sp³-hybridized carbons (Fsp3) is 0.800. The molecule has 0 aliphatic rings. The van der Waals surface area contributed by atoms with E-state index in [2.05, 4.69) is 46.8 Å². The van der Waals surface area contributed by atoms with Crippen LogP contribution in [0.15, 0.2) is 6.33 Å². The molecule has 0 saturated carbocycles. The van der Waals surface area contributed by atoms with Gasteiger partial charge in [0.05, 0.1) is 0 Å². The van der Waals surface area contributed by atoms with Crippen LogP contribution in [-0.2, 0) is 6.42 Å². The first-order valence-corrected chi connectivity index (χ1v) is 6.09. The first kappa shape index (κ1) is 11.7. The van der Waals surface area contributed by atoms with Crippen LogP contribution in [0.4, 0.5) is 0 Å². The molecule has 4 heteroatoms. The van der Waals surface area contributed by atoms with Gasteiger partial charge in [0.15, 0.2) is 0 Å². The highest BCUT2D eigenvalue weighted by Crippen LogP contribution is 2.14. The lowest BCUT2D eigenvalue weighted by Crippen LogP contribution is -2.10. The second-order valence-corrected chi connectivity index (χ2v) is 5.05. The summed E-state index contributed by atoms with van der Waals surface area (Å²) in [6.07, 6.45) is 4.93. The molecule has 14 heavy (non-hydrogen) atoms. The Kier molecular flexibility index (Phi) is 4.58. The number of rotatable bonds is 5. The van der Waals surface area contributed by atoms with Gasteiger partial charge in [0.1, 0.15) is 12.2 Å². The minimum atomic E-state index is 0.405. The number of nitrogens with zero attached hydrogens (tertiary/aromatic N) is 3. The normalized spacial score (nSPS) is 13.5. The molecular weight excluding hydrogens is 242 g/mol. The van der Waals surface area contributed by atoms with Crippen LogP contribution in [0.2, 0.25) is 0 Å². The maximum absolute atomic E-state index is 4.27. The predicted molar refractivity (Wildman–Crippen MR) is 61.7 cm³/mol. The van der Waals surface area contributed by atoms with Gasteiger partial charge < -0.3 is 0 Å². The van der Waals surface area contributed by atoms with Gasteiger partial charge in [0.2, 0.25) is 0 Å². The highest BCUT2D eigenvalue weighted by molar-refractivity contribution is 9.09. The van der Waals surface area contributed by atoms with Crippen LogP contribution in [0.3, 0.4) is 0 Å². The zero-order valence-corrected chi connectivity index (χ0v) is 10.7. The standard InChI is InChI=1S/C10H18BrN3/c1-4-9(11)5-6-10-12-7-13-14(10)8(2)3/h7-9H,4-6H2,1-3H3. The number of aryl methyl sites for hydroxylation is 1. The lowest BCUT2D eigenvalue weighted by atomic mass is 10.2. The largest absolute Gasteiger partial charge is 0.248 e. The highest BCUT2D eigenvalue weighted by Gasteiger charge is 2.09. The van der Waals surface area contributed by atoms with Crippen molar-refractivity contribution < 1.29 is 0 Å². The van der Waals surface area contributed by atoms with Crippen molar-refractivity contribution in [2.75, 3.05) is 0 Å². The van der Waals surface area contributed by atoms with E-state index in [0.29, 0.717) is 10.9 Å². The summed E-state index contributed by atoms with van der Waals surface area (Å²) in [5.74, 6) is 1.10. The zero-order chi connectivity index (χ0) is 10.6. The molecule has 3 nitrogen and oxygen atoms in total.